The fourth-order valence-electron chi connectivity index (χ4n) is 3.09. The lowest BCUT2D eigenvalue weighted by Crippen LogP contribution is -2.26. The smallest absolute Gasteiger partial charge is 0.228 e. The molecule has 1 aliphatic heterocycles. The van der Waals surface area contributed by atoms with Crippen LogP contribution in [0.1, 0.15) is 24.1 Å². The van der Waals surface area contributed by atoms with Gasteiger partial charge in [-0.25, -0.2) is 4.98 Å². The SMILES string of the molecule is O=C(Cc1noc2ccccc12)NCc1ccnc(N2CCCC2=O)c1. The summed E-state index contributed by atoms with van der Waals surface area (Å²) in [4.78, 5) is 30.0. The summed E-state index contributed by atoms with van der Waals surface area (Å²) < 4.78 is 5.22. The molecule has 1 aliphatic rings. The standard InChI is InChI=1S/C19H18N4O3/c24-18(11-15-14-4-1-2-5-16(14)26-22-15)21-12-13-7-8-20-17(10-13)23-9-3-6-19(23)25/h1-2,4-5,7-8,10H,3,6,9,11-12H2,(H,21,24). The summed E-state index contributed by atoms with van der Waals surface area (Å²) in [7, 11) is 0. The Hall–Kier alpha value is -3.22. The van der Waals surface area contributed by atoms with E-state index in [2.05, 4.69) is 15.5 Å². The van der Waals surface area contributed by atoms with Crippen LogP contribution in [0.15, 0.2) is 47.1 Å². The first kappa shape index (κ1) is 16.3. The molecule has 2 aromatic heterocycles. The van der Waals surface area contributed by atoms with Crippen molar-refractivity contribution in [2.24, 2.45) is 0 Å². The van der Waals surface area contributed by atoms with Gasteiger partial charge in [0, 0.05) is 31.1 Å². The Morgan fingerprint density at radius 2 is 2.15 bits per heavy atom. The van der Waals surface area contributed by atoms with Crippen LogP contribution in [-0.2, 0) is 22.6 Å². The van der Waals surface area contributed by atoms with Crippen molar-refractivity contribution >= 4 is 28.6 Å². The molecule has 1 fully saturated rings. The maximum Gasteiger partial charge on any atom is 0.228 e. The Labute approximate surface area is 150 Å². The van der Waals surface area contributed by atoms with Gasteiger partial charge in [-0.15, -0.1) is 0 Å². The van der Waals surface area contributed by atoms with Crippen LogP contribution in [0, 0.1) is 0 Å². The van der Waals surface area contributed by atoms with Gasteiger partial charge in [0.25, 0.3) is 0 Å². The topological polar surface area (TPSA) is 88.3 Å². The molecule has 0 radical (unpaired) electrons. The number of anilines is 1. The van der Waals surface area contributed by atoms with Gasteiger partial charge in [0.05, 0.1) is 6.42 Å². The number of hydrogen-bond donors (Lipinski definition) is 1. The van der Waals surface area contributed by atoms with Crippen LogP contribution in [0.5, 0.6) is 0 Å². The average molecular weight is 350 g/mol. The van der Waals surface area contributed by atoms with Crippen molar-refractivity contribution in [1.29, 1.82) is 0 Å². The number of hydrogen-bond acceptors (Lipinski definition) is 5. The third kappa shape index (κ3) is 3.28. The minimum atomic E-state index is -0.139. The molecule has 0 aliphatic carbocycles. The Bertz CT molecular complexity index is 966. The van der Waals surface area contributed by atoms with Gasteiger partial charge in [-0.2, -0.15) is 0 Å². The molecule has 3 aromatic rings. The number of carbonyl (C=O) groups is 2. The van der Waals surface area contributed by atoms with E-state index in [9.17, 15) is 9.59 Å². The minimum absolute atomic E-state index is 0.0941. The normalized spacial score (nSPS) is 14.2. The molecule has 0 bridgehead atoms. The number of para-hydroxylation sites is 1. The van der Waals surface area contributed by atoms with E-state index in [4.69, 9.17) is 4.52 Å². The number of benzene rings is 1. The third-order valence-corrected chi connectivity index (χ3v) is 4.43. The lowest BCUT2D eigenvalue weighted by atomic mass is 10.1. The molecule has 4 rings (SSSR count). The quantitative estimate of drug-likeness (QED) is 0.762. The highest BCUT2D eigenvalue weighted by Crippen LogP contribution is 2.20. The first-order chi connectivity index (χ1) is 12.7. The summed E-state index contributed by atoms with van der Waals surface area (Å²) in [6, 6.07) is 11.1. The maximum atomic E-state index is 12.2. The number of carbonyl (C=O) groups excluding carboxylic acids is 2. The summed E-state index contributed by atoms with van der Waals surface area (Å²) in [5.74, 6) is 0.595. The number of nitrogens with zero attached hydrogens (tertiary/aromatic N) is 3. The fraction of sp³-hybridized carbons (Fsp3) is 0.263. The van der Waals surface area contributed by atoms with Crippen molar-refractivity contribution in [1.82, 2.24) is 15.5 Å². The summed E-state index contributed by atoms with van der Waals surface area (Å²) in [6.45, 7) is 1.06. The fourth-order valence-corrected chi connectivity index (χ4v) is 3.09. The van der Waals surface area contributed by atoms with Crippen LogP contribution in [-0.4, -0.2) is 28.5 Å². The number of amides is 2. The lowest BCUT2D eigenvalue weighted by Gasteiger charge is -2.15. The van der Waals surface area contributed by atoms with E-state index in [1.54, 1.807) is 11.1 Å². The van der Waals surface area contributed by atoms with Crippen LogP contribution in [0.25, 0.3) is 11.0 Å². The second-order valence-corrected chi connectivity index (χ2v) is 6.25. The molecule has 3 heterocycles. The highest BCUT2D eigenvalue weighted by Gasteiger charge is 2.22. The molecule has 0 saturated carbocycles. The molecule has 7 nitrogen and oxygen atoms in total. The molecule has 0 atom stereocenters. The van der Waals surface area contributed by atoms with Crippen LogP contribution in [0.3, 0.4) is 0 Å². The van der Waals surface area contributed by atoms with E-state index in [-0.39, 0.29) is 18.2 Å². The molecule has 26 heavy (non-hydrogen) atoms. The zero-order valence-corrected chi connectivity index (χ0v) is 14.1. The second-order valence-electron chi connectivity index (χ2n) is 6.25. The third-order valence-electron chi connectivity index (χ3n) is 4.43. The van der Waals surface area contributed by atoms with Crippen LogP contribution in [0.4, 0.5) is 5.82 Å². The van der Waals surface area contributed by atoms with Gasteiger partial charge in [-0.3, -0.25) is 14.5 Å². The van der Waals surface area contributed by atoms with Crippen LogP contribution < -0.4 is 10.2 Å². The van der Waals surface area contributed by atoms with E-state index in [0.717, 1.165) is 17.4 Å². The van der Waals surface area contributed by atoms with Crippen molar-refractivity contribution in [2.45, 2.75) is 25.8 Å². The van der Waals surface area contributed by atoms with Crippen molar-refractivity contribution in [3.8, 4) is 0 Å². The van der Waals surface area contributed by atoms with Gasteiger partial charge in [0.2, 0.25) is 11.8 Å². The van der Waals surface area contributed by atoms with Gasteiger partial charge in [-0.05, 0) is 36.2 Å². The second kappa shape index (κ2) is 6.95. The number of pyridine rings is 1. The lowest BCUT2D eigenvalue weighted by molar-refractivity contribution is -0.120. The summed E-state index contributed by atoms with van der Waals surface area (Å²) in [5.41, 5.74) is 2.19. The monoisotopic (exact) mass is 350 g/mol. The van der Waals surface area contributed by atoms with Gasteiger partial charge >= 0.3 is 0 Å². The zero-order chi connectivity index (χ0) is 17.9. The number of aromatic nitrogens is 2. The van der Waals surface area contributed by atoms with E-state index in [0.29, 0.717) is 36.6 Å². The van der Waals surface area contributed by atoms with Crippen molar-refractivity contribution in [3.05, 3.63) is 53.9 Å². The van der Waals surface area contributed by atoms with E-state index in [1.807, 2.05) is 36.4 Å². The largest absolute Gasteiger partial charge is 0.356 e. The number of fused-ring (bicyclic) bond motifs is 1. The van der Waals surface area contributed by atoms with Gasteiger partial charge in [-0.1, -0.05) is 17.3 Å². The first-order valence-corrected chi connectivity index (χ1v) is 8.56. The molecule has 1 saturated heterocycles. The van der Waals surface area contributed by atoms with Gasteiger partial charge < -0.3 is 9.84 Å². The molecule has 132 valence electrons. The average Bonchev–Trinajstić information content (AvgIpc) is 3.27. The van der Waals surface area contributed by atoms with Crippen LogP contribution in [0.2, 0.25) is 0 Å². The van der Waals surface area contributed by atoms with Crippen LogP contribution >= 0.6 is 0 Å². The van der Waals surface area contributed by atoms with Crippen molar-refractivity contribution in [2.75, 3.05) is 11.4 Å². The Kier molecular flexibility index (Phi) is 4.35. The molecular weight excluding hydrogens is 332 g/mol. The minimum Gasteiger partial charge on any atom is -0.356 e. The highest BCUT2D eigenvalue weighted by atomic mass is 16.5. The molecule has 2 amide bonds. The van der Waals surface area contributed by atoms with E-state index in [1.165, 1.54) is 0 Å². The summed E-state index contributed by atoms with van der Waals surface area (Å²) >= 11 is 0. The van der Waals surface area contributed by atoms with E-state index >= 15 is 0 Å². The highest BCUT2D eigenvalue weighted by molar-refractivity contribution is 5.94. The molecule has 7 heteroatoms. The zero-order valence-electron chi connectivity index (χ0n) is 14.1. The van der Waals surface area contributed by atoms with E-state index < -0.39 is 0 Å². The van der Waals surface area contributed by atoms with Crippen molar-refractivity contribution in [3.63, 3.8) is 0 Å². The Balaban J connectivity index is 1.39. The van der Waals surface area contributed by atoms with Gasteiger partial charge in [0.1, 0.15) is 11.5 Å². The number of nitrogens with one attached hydrogen (secondary N) is 1. The van der Waals surface area contributed by atoms with Gasteiger partial charge in [0.15, 0.2) is 5.58 Å². The summed E-state index contributed by atoms with van der Waals surface area (Å²) in [5, 5.41) is 7.70. The predicted octanol–water partition coefficient (Wildman–Crippen LogP) is 2.21. The molecule has 1 N–H and O–H groups in total. The maximum absolute atomic E-state index is 12.2. The molecule has 0 unspecified atom stereocenters. The Morgan fingerprint density at radius 1 is 1.27 bits per heavy atom. The molecule has 1 aromatic carbocycles. The number of rotatable bonds is 5. The first-order valence-electron chi connectivity index (χ1n) is 8.56. The Morgan fingerprint density at radius 3 is 3.00 bits per heavy atom. The predicted molar refractivity (Wildman–Crippen MR) is 95.4 cm³/mol. The summed E-state index contributed by atoms with van der Waals surface area (Å²) in [6.07, 6.45) is 3.23. The molecular formula is C19H18N4O3. The molecule has 0 spiro atoms. The van der Waals surface area contributed by atoms with Crippen molar-refractivity contribution < 1.29 is 14.1 Å².